The summed E-state index contributed by atoms with van der Waals surface area (Å²) in [6, 6.07) is 9.55. The van der Waals surface area contributed by atoms with Crippen molar-refractivity contribution in [3.05, 3.63) is 65.5 Å². The number of halogens is 3. The molecule has 0 saturated carbocycles. The summed E-state index contributed by atoms with van der Waals surface area (Å²) in [5, 5.41) is 7.00. The van der Waals surface area contributed by atoms with E-state index in [1.165, 1.54) is 18.4 Å². The van der Waals surface area contributed by atoms with Gasteiger partial charge in [-0.1, -0.05) is 6.07 Å². The molecule has 0 spiro atoms. The lowest BCUT2D eigenvalue weighted by Crippen LogP contribution is -2.23. The molecule has 0 atom stereocenters. The number of nitrogens with one attached hydrogen (secondary N) is 1. The molecule has 0 aliphatic rings. The molecule has 0 aliphatic carbocycles. The monoisotopic (exact) mass is 393 g/mol. The number of ether oxygens (including phenoxy) is 1. The van der Waals surface area contributed by atoms with Gasteiger partial charge in [-0.05, 0) is 36.4 Å². The highest BCUT2D eigenvalue weighted by atomic mass is 19.4. The smallest absolute Gasteiger partial charge is 0.416 e. The van der Waals surface area contributed by atoms with Gasteiger partial charge in [0.2, 0.25) is 0 Å². The average Bonchev–Trinajstić information content (AvgIpc) is 3.33. The van der Waals surface area contributed by atoms with Crippen molar-refractivity contribution >= 4 is 5.91 Å². The Balaban J connectivity index is 1.73. The summed E-state index contributed by atoms with van der Waals surface area (Å²) in [6.07, 6.45) is -2.97. The van der Waals surface area contributed by atoms with Crippen molar-refractivity contribution in [3.63, 3.8) is 0 Å². The molecule has 1 amide bonds. The van der Waals surface area contributed by atoms with E-state index in [1.54, 1.807) is 30.0 Å². The molecule has 2 heterocycles. The largest absolute Gasteiger partial charge is 0.463 e. The van der Waals surface area contributed by atoms with Crippen molar-refractivity contribution in [1.82, 2.24) is 15.1 Å². The summed E-state index contributed by atoms with van der Waals surface area (Å²) >= 11 is 0. The predicted molar refractivity (Wildman–Crippen MR) is 94.4 cm³/mol. The topological polar surface area (TPSA) is 69.3 Å². The van der Waals surface area contributed by atoms with Gasteiger partial charge in [0.1, 0.15) is 5.69 Å². The first-order valence-electron chi connectivity index (χ1n) is 8.43. The van der Waals surface area contributed by atoms with Crippen LogP contribution < -0.4 is 5.32 Å². The number of alkyl halides is 3. The molecule has 0 unspecified atom stereocenters. The Morgan fingerprint density at radius 3 is 2.75 bits per heavy atom. The molecular formula is C19H18F3N3O3. The fourth-order valence-corrected chi connectivity index (χ4v) is 2.64. The van der Waals surface area contributed by atoms with Crippen molar-refractivity contribution in [2.45, 2.75) is 19.3 Å². The lowest BCUT2D eigenvalue weighted by molar-refractivity contribution is -0.137. The van der Waals surface area contributed by atoms with Gasteiger partial charge in [0, 0.05) is 12.7 Å². The number of nitrogens with zero attached hydrogens (tertiary/aromatic N) is 2. The number of furan rings is 1. The average molecular weight is 393 g/mol. The Morgan fingerprint density at radius 2 is 2.07 bits per heavy atom. The van der Waals surface area contributed by atoms with Crippen LogP contribution in [0.4, 0.5) is 13.2 Å². The number of benzene rings is 1. The van der Waals surface area contributed by atoms with Gasteiger partial charge < -0.3 is 14.5 Å². The van der Waals surface area contributed by atoms with Gasteiger partial charge in [-0.25, -0.2) is 0 Å². The van der Waals surface area contributed by atoms with Crippen LogP contribution in [0.1, 0.15) is 21.6 Å². The zero-order chi connectivity index (χ0) is 20.1. The highest BCUT2D eigenvalue weighted by molar-refractivity contribution is 5.94. The van der Waals surface area contributed by atoms with Gasteiger partial charge in [0.15, 0.2) is 5.76 Å². The third kappa shape index (κ3) is 4.61. The molecule has 0 bridgehead atoms. The van der Waals surface area contributed by atoms with Gasteiger partial charge in [0.05, 0.1) is 37.2 Å². The fourth-order valence-electron chi connectivity index (χ4n) is 2.64. The molecule has 2 aromatic heterocycles. The maximum atomic E-state index is 12.8. The number of rotatable bonds is 7. The molecule has 3 aromatic rings. The van der Waals surface area contributed by atoms with Crippen molar-refractivity contribution in [1.29, 1.82) is 0 Å². The second-order valence-electron chi connectivity index (χ2n) is 5.98. The number of aromatic nitrogens is 2. The molecule has 148 valence electrons. The number of hydrogen-bond donors (Lipinski definition) is 1. The molecule has 1 N–H and O–H groups in total. The maximum Gasteiger partial charge on any atom is 0.416 e. The molecular weight excluding hydrogens is 375 g/mol. The highest BCUT2D eigenvalue weighted by Gasteiger charge is 2.30. The first-order valence-corrected chi connectivity index (χ1v) is 8.43. The molecule has 3 rings (SSSR count). The number of hydrogen-bond acceptors (Lipinski definition) is 4. The third-order valence-electron chi connectivity index (χ3n) is 3.99. The van der Waals surface area contributed by atoms with E-state index in [-0.39, 0.29) is 12.1 Å². The summed E-state index contributed by atoms with van der Waals surface area (Å²) in [5.41, 5.74) is 0.317. The first kappa shape index (κ1) is 19.7. The van der Waals surface area contributed by atoms with Crippen molar-refractivity contribution in [2.24, 2.45) is 0 Å². The van der Waals surface area contributed by atoms with Crippen LogP contribution in [0.25, 0.3) is 11.5 Å². The zero-order valence-electron chi connectivity index (χ0n) is 15.0. The zero-order valence-corrected chi connectivity index (χ0v) is 15.0. The van der Waals surface area contributed by atoms with Crippen molar-refractivity contribution < 1.29 is 27.1 Å². The number of carbonyl (C=O) groups is 1. The summed E-state index contributed by atoms with van der Waals surface area (Å²) < 4.78 is 50.6. The molecule has 6 nitrogen and oxygen atoms in total. The van der Waals surface area contributed by atoms with Crippen LogP contribution in [0.3, 0.4) is 0 Å². The lowest BCUT2D eigenvalue weighted by atomic mass is 10.1. The number of methoxy groups -OCH3 is 1. The molecule has 0 aliphatic heterocycles. The van der Waals surface area contributed by atoms with Gasteiger partial charge in [0.25, 0.3) is 5.91 Å². The van der Waals surface area contributed by atoms with E-state index < -0.39 is 17.6 Å². The lowest BCUT2D eigenvalue weighted by Gasteiger charge is -2.08. The van der Waals surface area contributed by atoms with Crippen LogP contribution in [0.5, 0.6) is 0 Å². The molecule has 0 fully saturated rings. The fraction of sp³-hybridized carbons (Fsp3) is 0.263. The van der Waals surface area contributed by atoms with Crippen LogP contribution in [0, 0.1) is 0 Å². The Bertz CT molecular complexity index is 934. The molecule has 1 aromatic carbocycles. The molecule has 9 heteroatoms. The molecule has 0 saturated heterocycles. The van der Waals surface area contributed by atoms with Gasteiger partial charge in [-0.15, -0.1) is 0 Å². The quantitative estimate of drug-likeness (QED) is 0.664. The Labute approximate surface area is 158 Å². The highest BCUT2D eigenvalue weighted by Crippen LogP contribution is 2.29. The molecule has 28 heavy (non-hydrogen) atoms. The summed E-state index contributed by atoms with van der Waals surface area (Å²) in [4.78, 5) is 12.2. The third-order valence-corrected chi connectivity index (χ3v) is 3.99. The summed E-state index contributed by atoms with van der Waals surface area (Å²) in [6.45, 7) is 0.975. The minimum absolute atomic E-state index is 0.0583. The van der Waals surface area contributed by atoms with E-state index in [4.69, 9.17) is 9.15 Å². The minimum Gasteiger partial charge on any atom is -0.463 e. The van der Waals surface area contributed by atoms with Crippen molar-refractivity contribution in [2.75, 3.05) is 13.7 Å². The SMILES string of the molecule is COCCn1nc(CNC(=O)c2cccc(C(F)(F)F)c2)cc1-c1ccco1. The first-order chi connectivity index (χ1) is 13.4. The maximum absolute atomic E-state index is 12.8. The predicted octanol–water partition coefficient (Wildman–Crippen LogP) is 3.74. The van der Waals surface area contributed by atoms with E-state index in [0.717, 1.165) is 12.1 Å². The second kappa shape index (κ2) is 8.30. The number of carbonyl (C=O) groups excluding carboxylic acids is 1. The standard InChI is InChI=1S/C19H18F3N3O3/c1-27-9-7-25-16(17-6-3-8-28-17)11-15(24-25)12-23-18(26)13-4-2-5-14(10-13)19(20,21)22/h2-6,8,10-11H,7,9,12H2,1H3,(H,23,26). The van der Waals surface area contributed by atoms with Crippen LogP contribution >= 0.6 is 0 Å². The second-order valence-corrected chi connectivity index (χ2v) is 5.98. The van der Waals surface area contributed by atoms with Crippen LogP contribution in [0.2, 0.25) is 0 Å². The van der Waals surface area contributed by atoms with Gasteiger partial charge >= 0.3 is 6.18 Å². The summed E-state index contributed by atoms with van der Waals surface area (Å²) in [7, 11) is 1.58. The normalized spacial score (nSPS) is 11.6. The van der Waals surface area contributed by atoms with Crippen LogP contribution in [0.15, 0.2) is 53.1 Å². The van der Waals surface area contributed by atoms with Gasteiger partial charge in [-0.3, -0.25) is 9.48 Å². The van der Waals surface area contributed by atoms with Crippen LogP contribution in [-0.4, -0.2) is 29.4 Å². The molecule has 0 radical (unpaired) electrons. The van der Waals surface area contributed by atoms with E-state index in [9.17, 15) is 18.0 Å². The van der Waals surface area contributed by atoms with Crippen LogP contribution in [-0.2, 0) is 24.0 Å². The number of amides is 1. The Hall–Kier alpha value is -3.07. The minimum atomic E-state index is -4.51. The summed E-state index contributed by atoms with van der Waals surface area (Å²) in [5.74, 6) is -0.00357. The Kier molecular flexibility index (Phi) is 5.84. The van der Waals surface area contributed by atoms with Crippen molar-refractivity contribution in [3.8, 4) is 11.5 Å². The van der Waals surface area contributed by atoms with E-state index in [1.807, 2.05) is 0 Å². The van der Waals surface area contributed by atoms with E-state index >= 15 is 0 Å². The Morgan fingerprint density at radius 1 is 1.25 bits per heavy atom. The van der Waals surface area contributed by atoms with E-state index in [0.29, 0.717) is 30.3 Å². The van der Waals surface area contributed by atoms with E-state index in [2.05, 4.69) is 10.4 Å². The van der Waals surface area contributed by atoms with Gasteiger partial charge in [-0.2, -0.15) is 18.3 Å².